The number of hydrogen-bond donors (Lipinski definition) is 1. The van der Waals surface area contributed by atoms with E-state index in [4.69, 9.17) is 15.0 Å². The van der Waals surface area contributed by atoms with Crippen LogP contribution in [0.4, 0.5) is 5.82 Å². The van der Waals surface area contributed by atoms with E-state index in [1.807, 2.05) is 0 Å². The van der Waals surface area contributed by atoms with E-state index in [0.717, 1.165) is 84.7 Å². The Labute approximate surface area is 364 Å². The highest BCUT2D eigenvalue weighted by Gasteiger charge is 2.46. The molecule has 0 bridgehead atoms. The van der Waals surface area contributed by atoms with Gasteiger partial charge in [-0.15, -0.1) is 0 Å². The molecule has 1 N–H and O–H groups in total. The van der Waals surface area contributed by atoms with E-state index < -0.39 is 28.3 Å². The standard InChI is InChI=1S/C29H45N7O2SSi.C14H22N4O2S/c1-19(2)40(20(3)4,21(5)6)36-14-11-24-28(32-18-33-29(24)36)35-16-25-26(15-22(35)7)30-17-31-27(25)23-9-12-34(13-10-23)39(8,37)38;1-10-7-13-12(8-15-10)14(17-9-16-13)11-3-5-18(6-4-11)21(2,19)20/h11,14,17-23H,9-10,12-13,15-16H2,1-8H3;9-11,15H,3-8H2,1-2H3/t22-;10-/m11/s1. The molecule has 15 nitrogen and oxygen atoms in total. The van der Waals surface area contributed by atoms with Gasteiger partial charge in [-0.2, -0.15) is 0 Å². The summed E-state index contributed by atoms with van der Waals surface area (Å²) < 4.78 is 53.0. The van der Waals surface area contributed by atoms with Crippen molar-refractivity contribution in [2.24, 2.45) is 0 Å². The average Bonchev–Trinajstić information content (AvgIpc) is 3.64. The van der Waals surface area contributed by atoms with E-state index in [1.165, 1.54) is 23.6 Å². The second-order valence-electron chi connectivity index (χ2n) is 18.9. The Morgan fingerprint density at radius 1 is 0.672 bits per heavy atom. The molecule has 0 aromatic carbocycles. The van der Waals surface area contributed by atoms with Gasteiger partial charge in [-0.25, -0.2) is 55.3 Å². The van der Waals surface area contributed by atoms with E-state index in [1.54, 1.807) is 27.6 Å². The lowest BCUT2D eigenvalue weighted by molar-refractivity contribution is 0.316. The van der Waals surface area contributed by atoms with Gasteiger partial charge in [0.25, 0.3) is 0 Å². The molecule has 61 heavy (non-hydrogen) atoms. The fourth-order valence-electron chi connectivity index (χ4n) is 11.2. The molecule has 0 aliphatic carbocycles. The van der Waals surface area contributed by atoms with Gasteiger partial charge in [-0.1, -0.05) is 41.5 Å². The molecule has 0 saturated carbocycles. The van der Waals surface area contributed by atoms with Crippen LogP contribution in [-0.2, 0) is 46.0 Å². The van der Waals surface area contributed by atoms with Crippen molar-refractivity contribution >= 4 is 45.1 Å². The highest BCUT2D eigenvalue weighted by molar-refractivity contribution is 7.88. The van der Waals surface area contributed by atoms with Gasteiger partial charge in [0, 0.05) is 87.2 Å². The van der Waals surface area contributed by atoms with Crippen LogP contribution in [0.3, 0.4) is 0 Å². The molecule has 4 aliphatic heterocycles. The molecule has 2 fully saturated rings. The molecule has 4 aliphatic rings. The lowest BCUT2D eigenvalue weighted by Crippen LogP contribution is -2.51. The van der Waals surface area contributed by atoms with Crippen LogP contribution in [0.25, 0.3) is 11.0 Å². The number of nitrogens with zero attached hydrogens (tertiary/aromatic N) is 10. The van der Waals surface area contributed by atoms with Crippen molar-refractivity contribution in [3.05, 3.63) is 65.1 Å². The molecule has 8 heterocycles. The quantitative estimate of drug-likeness (QED) is 0.195. The predicted octanol–water partition coefficient (Wildman–Crippen LogP) is 5.98. The van der Waals surface area contributed by atoms with Crippen molar-refractivity contribution in [1.82, 2.24) is 48.1 Å². The Balaban J connectivity index is 0.000000224. The van der Waals surface area contributed by atoms with Crippen LogP contribution in [-0.4, -0.2) is 119 Å². The SMILES string of the molecule is CC(C)[Si](C(C)C)(C(C)C)n1ccc2c(N3Cc4c(ncnc4C4CCN(S(C)(=O)=O)CC4)C[C@H]3C)ncnc21.C[C@@H]1Cc2ncnc(C3CCN(S(C)(=O)=O)CC3)c2CN1. The third kappa shape index (κ3) is 9.03. The molecule has 2 saturated heterocycles. The minimum atomic E-state index is -3.17. The van der Waals surface area contributed by atoms with Gasteiger partial charge >= 0.3 is 0 Å². The molecule has 0 radical (unpaired) electrons. The Morgan fingerprint density at radius 3 is 1.67 bits per heavy atom. The first-order valence-corrected chi connectivity index (χ1v) is 28.1. The number of anilines is 1. The van der Waals surface area contributed by atoms with Crippen molar-refractivity contribution in [3.8, 4) is 0 Å². The number of aromatic nitrogens is 7. The summed E-state index contributed by atoms with van der Waals surface area (Å²) >= 11 is 0. The molecular weight excluding hydrogens is 827 g/mol. The summed E-state index contributed by atoms with van der Waals surface area (Å²) in [4.78, 5) is 30.5. The maximum Gasteiger partial charge on any atom is 0.211 e. The van der Waals surface area contributed by atoms with Crippen molar-refractivity contribution in [1.29, 1.82) is 0 Å². The first-order chi connectivity index (χ1) is 28.8. The van der Waals surface area contributed by atoms with Gasteiger partial charge in [-0.05, 0) is 68.4 Å². The van der Waals surface area contributed by atoms with Crippen LogP contribution in [0.2, 0.25) is 16.6 Å². The molecule has 8 rings (SSSR count). The summed E-state index contributed by atoms with van der Waals surface area (Å²) in [5.74, 6) is 1.55. The molecule has 18 heteroatoms. The number of hydrogen-bond acceptors (Lipinski definition) is 12. The number of piperidine rings is 2. The topological polar surface area (TPSA) is 172 Å². The van der Waals surface area contributed by atoms with Crippen LogP contribution in [0, 0.1) is 0 Å². The Hall–Kier alpha value is -3.42. The minimum Gasteiger partial charge on any atom is -0.358 e. The van der Waals surface area contributed by atoms with Crippen LogP contribution in [0.15, 0.2) is 31.2 Å². The largest absolute Gasteiger partial charge is 0.358 e. The van der Waals surface area contributed by atoms with Crippen molar-refractivity contribution in [2.75, 3.05) is 43.6 Å². The van der Waals surface area contributed by atoms with E-state index >= 15 is 0 Å². The molecule has 334 valence electrons. The number of rotatable bonds is 9. The summed E-state index contributed by atoms with van der Waals surface area (Å²) in [5.41, 5.74) is 9.60. The van der Waals surface area contributed by atoms with E-state index in [9.17, 15) is 16.8 Å². The Kier molecular flexibility index (Phi) is 13.4. The third-order valence-corrected chi connectivity index (χ3v) is 23.5. The fourth-order valence-corrected chi connectivity index (χ4v) is 19.5. The van der Waals surface area contributed by atoms with Gasteiger partial charge in [0.15, 0.2) is 8.24 Å². The maximum absolute atomic E-state index is 12.1. The summed E-state index contributed by atoms with van der Waals surface area (Å²) in [6, 6.07) is 2.91. The zero-order valence-corrected chi connectivity index (χ0v) is 40.5. The normalized spacial score (nSPS) is 21.5. The summed E-state index contributed by atoms with van der Waals surface area (Å²) in [6.07, 6.45) is 14.9. The molecule has 0 unspecified atom stereocenters. The van der Waals surface area contributed by atoms with Crippen molar-refractivity contribution in [3.63, 3.8) is 0 Å². The van der Waals surface area contributed by atoms with Gasteiger partial charge in [0.1, 0.15) is 30.4 Å². The molecule has 4 aromatic heterocycles. The minimum absolute atomic E-state index is 0.228. The average molecular weight is 894 g/mol. The monoisotopic (exact) mass is 893 g/mol. The van der Waals surface area contributed by atoms with Crippen LogP contribution in [0.5, 0.6) is 0 Å². The summed E-state index contributed by atoms with van der Waals surface area (Å²) in [5, 5.41) is 4.57. The lowest BCUT2D eigenvalue weighted by atomic mass is 9.88. The molecule has 2 atom stereocenters. The number of sulfonamides is 2. The van der Waals surface area contributed by atoms with Gasteiger partial charge < -0.3 is 14.4 Å². The molecule has 0 amide bonds. The molecule has 0 spiro atoms. The third-order valence-electron chi connectivity index (χ3n) is 14.2. The maximum atomic E-state index is 12.1. The molecular formula is C43H67N11O4S2Si. The summed E-state index contributed by atoms with van der Waals surface area (Å²) in [6.45, 7) is 22.5. The predicted molar refractivity (Wildman–Crippen MR) is 244 cm³/mol. The van der Waals surface area contributed by atoms with E-state index in [2.05, 4.69) is 97.1 Å². The second-order valence-corrected chi connectivity index (χ2v) is 28.6. The Bertz CT molecular complexity index is 2390. The van der Waals surface area contributed by atoms with Crippen LogP contribution in [0.1, 0.15) is 127 Å². The van der Waals surface area contributed by atoms with Gasteiger partial charge in [0.05, 0.1) is 40.7 Å². The zero-order chi connectivity index (χ0) is 44.0. The Morgan fingerprint density at radius 2 is 1.16 bits per heavy atom. The summed E-state index contributed by atoms with van der Waals surface area (Å²) in [7, 11) is -8.21. The first-order valence-electron chi connectivity index (χ1n) is 22.2. The lowest BCUT2D eigenvalue weighted by Gasteiger charge is -2.44. The van der Waals surface area contributed by atoms with Gasteiger partial charge in [0.2, 0.25) is 20.0 Å². The second kappa shape index (κ2) is 18.0. The number of nitrogens with one attached hydrogen (secondary N) is 1. The number of fused-ring (bicyclic) bond motifs is 3. The highest BCUT2D eigenvalue weighted by Crippen LogP contribution is 2.45. The molecule has 4 aromatic rings. The highest BCUT2D eigenvalue weighted by atomic mass is 32.2. The van der Waals surface area contributed by atoms with Crippen molar-refractivity contribution in [2.45, 2.75) is 148 Å². The zero-order valence-electron chi connectivity index (χ0n) is 37.8. The first kappa shape index (κ1) is 45.6. The fraction of sp³-hybridized carbons (Fsp3) is 0.674. The van der Waals surface area contributed by atoms with E-state index in [0.29, 0.717) is 61.3 Å². The van der Waals surface area contributed by atoms with Gasteiger partial charge in [-0.3, -0.25) is 0 Å². The van der Waals surface area contributed by atoms with E-state index in [-0.39, 0.29) is 12.0 Å². The van der Waals surface area contributed by atoms with Crippen LogP contribution >= 0.6 is 0 Å². The van der Waals surface area contributed by atoms with Crippen molar-refractivity contribution < 1.29 is 16.8 Å². The van der Waals surface area contributed by atoms with Crippen LogP contribution < -0.4 is 10.2 Å². The smallest absolute Gasteiger partial charge is 0.211 e.